The van der Waals surface area contributed by atoms with Crippen molar-refractivity contribution in [2.75, 3.05) is 11.9 Å². The van der Waals surface area contributed by atoms with Gasteiger partial charge in [-0.15, -0.1) is 0 Å². The van der Waals surface area contributed by atoms with Crippen LogP contribution in [0.2, 0.25) is 0 Å². The van der Waals surface area contributed by atoms with E-state index in [1.165, 1.54) is 0 Å². The van der Waals surface area contributed by atoms with Gasteiger partial charge in [0.15, 0.2) is 6.61 Å². The smallest absolute Gasteiger partial charge is 0.262 e. The van der Waals surface area contributed by atoms with Crippen LogP contribution in [0.15, 0.2) is 48.5 Å². The molecule has 2 N–H and O–H groups in total. The number of nitrogens with one attached hydrogen (secondary N) is 2. The second kappa shape index (κ2) is 9.24. The Morgan fingerprint density at radius 1 is 1.00 bits per heavy atom. The number of aryl methyl sites for hydroxylation is 1. The molecule has 0 unspecified atom stereocenters. The first-order valence-electron chi connectivity index (χ1n) is 9.86. The molecule has 28 heavy (non-hydrogen) atoms. The van der Waals surface area contributed by atoms with Gasteiger partial charge in [-0.1, -0.05) is 50.6 Å². The van der Waals surface area contributed by atoms with Crippen molar-refractivity contribution in [2.45, 2.75) is 60.0 Å². The van der Waals surface area contributed by atoms with E-state index >= 15 is 0 Å². The largest absolute Gasteiger partial charge is 0.484 e. The highest BCUT2D eigenvalue weighted by atomic mass is 16.5. The molecule has 0 atom stereocenters. The first kappa shape index (κ1) is 22.0. The average Bonchev–Trinajstić information content (AvgIpc) is 2.59. The molecular formula is C24H34N2O2. The van der Waals surface area contributed by atoms with E-state index in [4.69, 9.17) is 4.74 Å². The maximum atomic E-state index is 12.1. The zero-order valence-corrected chi connectivity index (χ0v) is 18.1. The zero-order chi connectivity index (χ0) is 20.8. The van der Waals surface area contributed by atoms with Crippen molar-refractivity contribution in [3.8, 4) is 5.75 Å². The minimum Gasteiger partial charge on any atom is -0.484 e. The molecule has 0 bridgehead atoms. The van der Waals surface area contributed by atoms with Gasteiger partial charge in [0, 0.05) is 17.8 Å². The van der Waals surface area contributed by atoms with Gasteiger partial charge in [0.2, 0.25) is 0 Å². The van der Waals surface area contributed by atoms with Crippen LogP contribution < -0.4 is 15.4 Å². The van der Waals surface area contributed by atoms with Gasteiger partial charge in [0.1, 0.15) is 5.75 Å². The minimum absolute atomic E-state index is 0.0136. The van der Waals surface area contributed by atoms with Crippen molar-refractivity contribution in [2.24, 2.45) is 5.41 Å². The van der Waals surface area contributed by atoms with Crippen LogP contribution in [0.25, 0.3) is 0 Å². The van der Waals surface area contributed by atoms with E-state index in [0.717, 1.165) is 29.8 Å². The number of anilines is 1. The number of carbonyl (C=O) groups is 1. The van der Waals surface area contributed by atoms with Crippen molar-refractivity contribution in [1.29, 1.82) is 0 Å². The van der Waals surface area contributed by atoms with Crippen molar-refractivity contribution >= 4 is 11.6 Å². The molecule has 0 heterocycles. The van der Waals surface area contributed by atoms with E-state index in [2.05, 4.69) is 51.3 Å². The van der Waals surface area contributed by atoms with Crippen molar-refractivity contribution in [3.05, 3.63) is 59.7 Å². The molecule has 2 aromatic rings. The van der Waals surface area contributed by atoms with Crippen molar-refractivity contribution in [3.63, 3.8) is 0 Å². The highest BCUT2D eigenvalue weighted by Gasteiger charge is 2.24. The number of carbonyl (C=O) groups excluding carboxylic acids is 1. The lowest BCUT2D eigenvalue weighted by Gasteiger charge is -2.33. The molecule has 0 saturated heterocycles. The van der Waals surface area contributed by atoms with Crippen LogP contribution in [-0.2, 0) is 11.3 Å². The molecule has 0 aliphatic heterocycles. The average molecular weight is 383 g/mol. The fourth-order valence-corrected chi connectivity index (χ4v) is 3.46. The third-order valence-electron chi connectivity index (χ3n) is 4.35. The first-order valence-corrected chi connectivity index (χ1v) is 9.86. The maximum absolute atomic E-state index is 12.1. The van der Waals surface area contributed by atoms with Gasteiger partial charge < -0.3 is 15.4 Å². The Kier molecular flexibility index (Phi) is 7.25. The fraction of sp³-hybridized carbons (Fsp3) is 0.458. The Morgan fingerprint density at radius 2 is 1.68 bits per heavy atom. The molecule has 0 aliphatic carbocycles. The standard InChI is InChI=1S/C24H34N2O2/c1-18-10-12-20(13-11-18)26-22(27)16-28-21-9-7-8-19(14-21)15-25-24(5,6)17-23(2,3)4/h7-14,25H,15-17H2,1-6H3,(H,26,27). The summed E-state index contributed by atoms with van der Waals surface area (Å²) in [5.41, 5.74) is 3.39. The highest BCUT2D eigenvalue weighted by Crippen LogP contribution is 2.27. The van der Waals surface area contributed by atoms with Crippen LogP contribution in [0, 0.1) is 12.3 Å². The van der Waals surface area contributed by atoms with E-state index in [-0.39, 0.29) is 23.5 Å². The summed E-state index contributed by atoms with van der Waals surface area (Å²) in [5, 5.41) is 6.47. The Hall–Kier alpha value is -2.33. The Bertz CT molecular complexity index is 774. The second-order valence-electron chi connectivity index (χ2n) is 9.33. The number of rotatable bonds is 8. The zero-order valence-electron chi connectivity index (χ0n) is 18.1. The molecule has 0 aromatic heterocycles. The topological polar surface area (TPSA) is 50.4 Å². The van der Waals surface area contributed by atoms with Crippen molar-refractivity contribution in [1.82, 2.24) is 5.32 Å². The molecule has 0 fully saturated rings. The van der Waals surface area contributed by atoms with E-state index in [1.54, 1.807) is 0 Å². The summed E-state index contributed by atoms with van der Waals surface area (Å²) in [6, 6.07) is 15.6. The van der Waals surface area contributed by atoms with Gasteiger partial charge in [-0.25, -0.2) is 0 Å². The van der Waals surface area contributed by atoms with Crippen LogP contribution in [0.1, 0.15) is 52.2 Å². The number of amides is 1. The Balaban J connectivity index is 1.85. The van der Waals surface area contributed by atoms with E-state index in [9.17, 15) is 4.79 Å². The lowest BCUT2D eigenvalue weighted by Crippen LogP contribution is -2.41. The quantitative estimate of drug-likeness (QED) is 0.650. The van der Waals surface area contributed by atoms with Crippen LogP contribution in [0.3, 0.4) is 0 Å². The molecule has 0 spiro atoms. The Labute approximate surface area is 169 Å². The fourth-order valence-electron chi connectivity index (χ4n) is 3.46. The van der Waals surface area contributed by atoms with Gasteiger partial charge in [-0.2, -0.15) is 0 Å². The van der Waals surface area contributed by atoms with Gasteiger partial charge >= 0.3 is 0 Å². The molecule has 2 rings (SSSR count). The summed E-state index contributed by atoms with van der Waals surface area (Å²) in [5.74, 6) is 0.533. The number of benzene rings is 2. The normalized spacial score (nSPS) is 11.9. The monoisotopic (exact) mass is 382 g/mol. The Morgan fingerprint density at radius 3 is 2.32 bits per heavy atom. The molecule has 0 saturated carbocycles. The number of hydrogen-bond acceptors (Lipinski definition) is 3. The van der Waals surface area contributed by atoms with E-state index < -0.39 is 0 Å². The lowest BCUT2D eigenvalue weighted by molar-refractivity contribution is -0.118. The molecular weight excluding hydrogens is 348 g/mol. The van der Waals surface area contributed by atoms with Crippen LogP contribution in [0.4, 0.5) is 5.69 Å². The minimum atomic E-state index is -0.168. The van der Waals surface area contributed by atoms with Crippen LogP contribution >= 0.6 is 0 Å². The molecule has 2 aromatic carbocycles. The summed E-state index contributed by atoms with van der Waals surface area (Å²) in [6.07, 6.45) is 1.08. The maximum Gasteiger partial charge on any atom is 0.262 e. The van der Waals surface area contributed by atoms with Crippen LogP contribution in [0.5, 0.6) is 5.75 Å². The predicted octanol–water partition coefficient (Wildman–Crippen LogP) is 5.32. The molecule has 152 valence electrons. The summed E-state index contributed by atoms with van der Waals surface area (Å²) >= 11 is 0. The summed E-state index contributed by atoms with van der Waals surface area (Å²) < 4.78 is 5.68. The molecule has 4 heteroatoms. The first-order chi connectivity index (χ1) is 13.0. The third kappa shape index (κ3) is 8.13. The van der Waals surface area contributed by atoms with E-state index in [1.807, 2.05) is 49.4 Å². The van der Waals surface area contributed by atoms with Gasteiger partial charge in [0.25, 0.3) is 5.91 Å². The molecule has 1 amide bonds. The number of hydrogen-bond donors (Lipinski definition) is 2. The summed E-state index contributed by atoms with van der Waals surface area (Å²) in [6.45, 7) is 14.0. The van der Waals surface area contributed by atoms with E-state index in [0.29, 0.717) is 5.75 Å². The predicted molar refractivity (Wildman–Crippen MR) is 117 cm³/mol. The number of ether oxygens (including phenoxy) is 1. The van der Waals surface area contributed by atoms with Gasteiger partial charge in [-0.3, -0.25) is 4.79 Å². The van der Waals surface area contributed by atoms with Crippen LogP contribution in [-0.4, -0.2) is 18.1 Å². The molecule has 4 nitrogen and oxygen atoms in total. The summed E-state index contributed by atoms with van der Waals surface area (Å²) in [4.78, 5) is 12.1. The molecule has 0 radical (unpaired) electrons. The third-order valence-corrected chi connectivity index (χ3v) is 4.35. The second-order valence-corrected chi connectivity index (χ2v) is 9.33. The van der Waals surface area contributed by atoms with Gasteiger partial charge in [0.05, 0.1) is 0 Å². The van der Waals surface area contributed by atoms with Gasteiger partial charge in [-0.05, 0) is 62.4 Å². The summed E-state index contributed by atoms with van der Waals surface area (Å²) in [7, 11) is 0. The highest BCUT2D eigenvalue weighted by molar-refractivity contribution is 5.91. The lowest BCUT2D eigenvalue weighted by atomic mass is 9.82. The SMILES string of the molecule is Cc1ccc(NC(=O)COc2cccc(CNC(C)(C)CC(C)(C)C)c2)cc1. The molecule has 0 aliphatic rings. The van der Waals surface area contributed by atoms with Crippen molar-refractivity contribution < 1.29 is 9.53 Å².